The largest absolute Gasteiger partial charge is 0.476 e. The second kappa shape index (κ2) is 5.26. The highest BCUT2D eigenvalue weighted by atomic mass is 16.4. The smallest absolute Gasteiger partial charge is 0.356 e. The molecule has 0 aliphatic heterocycles. The summed E-state index contributed by atoms with van der Waals surface area (Å²) in [5, 5.41) is 9.09. The van der Waals surface area contributed by atoms with Crippen LogP contribution in [0.4, 0.5) is 0 Å². The van der Waals surface area contributed by atoms with Gasteiger partial charge in [-0.25, -0.2) is 9.78 Å². The SMILES string of the molecule is CCc1[nH]c(-c2ccc(C(C)C)cc2)nc1C(=O)O. The average molecular weight is 258 g/mol. The van der Waals surface area contributed by atoms with E-state index < -0.39 is 5.97 Å². The molecule has 0 fully saturated rings. The van der Waals surface area contributed by atoms with E-state index in [9.17, 15) is 4.79 Å². The highest BCUT2D eigenvalue weighted by Gasteiger charge is 2.16. The third-order valence-corrected chi connectivity index (χ3v) is 3.19. The van der Waals surface area contributed by atoms with Gasteiger partial charge in [0.1, 0.15) is 5.82 Å². The van der Waals surface area contributed by atoms with Gasteiger partial charge in [-0.2, -0.15) is 0 Å². The number of carboxylic acids is 1. The minimum absolute atomic E-state index is 0.116. The van der Waals surface area contributed by atoms with Gasteiger partial charge in [-0.3, -0.25) is 0 Å². The minimum Gasteiger partial charge on any atom is -0.476 e. The van der Waals surface area contributed by atoms with Crippen LogP contribution in [0.2, 0.25) is 0 Å². The van der Waals surface area contributed by atoms with E-state index in [2.05, 4.69) is 35.9 Å². The van der Waals surface area contributed by atoms with E-state index >= 15 is 0 Å². The Morgan fingerprint density at radius 1 is 1.32 bits per heavy atom. The summed E-state index contributed by atoms with van der Waals surface area (Å²) in [6.45, 7) is 6.19. The molecule has 0 atom stereocenters. The highest BCUT2D eigenvalue weighted by molar-refractivity contribution is 5.87. The van der Waals surface area contributed by atoms with Gasteiger partial charge in [-0.15, -0.1) is 0 Å². The van der Waals surface area contributed by atoms with Crippen molar-refractivity contribution in [1.29, 1.82) is 0 Å². The monoisotopic (exact) mass is 258 g/mol. The van der Waals surface area contributed by atoms with Crippen molar-refractivity contribution < 1.29 is 9.90 Å². The number of hydrogen-bond donors (Lipinski definition) is 2. The van der Waals surface area contributed by atoms with Crippen molar-refractivity contribution in [3.8, 4) is 11.4 Å². The lowest BCUT2D eigenvalue weighted by Gasteiger charge is -2.05. The Hall–Kier alpha value is -2.10. The van der Waals surface area contributed by atoms with Crippen LogP contribution in [0.3, 0.4) is 0 Å². The summed E-state index contributed by atoms with van der Waals surface area (Å²) in [6, 6.07) is 8.04. The van der Waals surface area contributed by atoms with E-state index in [1.54, 1.807) is 0 Å². The maximum Gasteiger partial charge on any atom is 0.356 e. The number of aryl methyl sites for hydroxylation is 1. The van der Waals surface area contributed by atoms with Gasteiger partial charge in [0, 0.05) is 11.3 Å². The molecule has 0 spiro atoms. The molecule has 100 valence electrons. The molecule has 2 rings (SSSR count). The summed E-state index contributed by atoms with van der Waals surface area (Å²) in [6.07, 6.45) is 0.624. The van der Waals surface area contributed by atoms with Crippen molar-refractivity contribution in [3.05, 3.63) is 41.2 Å². The predicted molar refractivity (Wildman–Crippen MR) is 74.5 cm³/mol. The summed E-state index contributed by atoms with van der Waals surface area (Å²) in [5.41, 5.74) is 2.94. The maximum absolute atomic E-state index is 11.1. The topological polar surface area (TPSA) is 66.0 Å². The van der Waals surface area contributed by atoms with Crippen molar-refractivity contribution in [2.75, 3.05) is 0 Å². The first-order valence-corrected chi connectivity index (χ1v) is 6.45. The van der Waals surface area contributed by atoms with Crippen LogP contribution < -0.4 is 0 Å². The first kappa shape index (κ1) is 13.3. The molecule has 0 amide bonds. The average Bonchev–Trinajstić information content (AvgIpc) is 2.83. The number of imidazole rings is 1. The van der Waals surface area contributed by atoms with Gasteiger partial charge < -0.3 is 10.1 Å². The Balaban J connectivity index is 2.39. The second-order valence-electron chi connectivity index (χ2n) is 4.85. The van der Waals surface area contributed by atoms with Crippen molar-refractivity contribution >= 4 is 5.97 Å². The van der Waals surface area contributed by atoms with Gasteiger partial charge in [-0.1, -0.05) is 45.0 Å². The molecule has 0 bridgehead atoms. The van der Waals surface area contributed by atoms with Crippen molar-refractivity contribution in [2.24, 2.45) is 0 Å². The number of hydrogen-bond acceptors (Lipinski definition) is 2. The number of aromatic amines is 1. The fourth-order valence-electron chi connectivity index (χ4n) is 2.00. The third kappa shape index (κ3) is 2.67. The molecule has 0 radical (unpaired) electrons. The first-order valence-electron chi connectivity index (χ1n) is 6.45. The van der Waals surface area contributed by atoms with Crippen LogP contribution in [0.15, 0.2) is 24.3 Å². The van der Waals surface area contributed by atoms with E-state index in [0.29, 0.717) is 23.9 Å². The standard InChI is InChI=1S/C15H18N2O2/c1-4-12-13(15(18)19)17-14(16-12)11-7-5-10(6-8-11)9(2)3/h5-9H,4H2,1-3H3,(H,16,17)(H,18,19). The normalized spacial score (nSPS) is 10.9. The lowest BCUT2D eigenvalue weighted by molar-refractivity contribution is 0.0690. The van der Waals surface area contributed by atoms with Crippen LogP contribution in [-0.2, 0) is 6.42 Å². The van der Waals surface area contributed by atoms with Crippen LogP contribution in [0, 0.1) is 0 Å². The summed E-state index contributed by atoms with van der Waals surface area (Å²) in [5.74, 6) is 0.106. The van der Waals surface area contributed by atoms with Crippen LogP contribution in [-0.4, -0.2) is 21.0 Å². The van der Waals surface area contributed by atoms with E-state index in [-0.39, 0.29) is 5.69 Å². The van der Waals surface area contributed by atoms with E-state index in [1.165, 1.54) is 5.56 Å². The van der Waals surface area contributed by atoms with Gasteiger partial charge in [0.05, 0.1) is 0 Å². The van der Waals surface area contributed by atoms with Gasteiger partial charge in [0.2, 0.25) is 0 Å². The molecule has 2 aromatic rings. The fraction of sp³-hybridized carbons (Fsp3) is 0.333. The number of aromatic nitrogens is 2. The molecule has 4 heteroatoms. The highest BCUT2D eigenvalue weighted by Crippen LogP contribution is 2.22. The predicted octanol–water partition coefficient (Wildman–Crippen LogP) is 3.46. The molecule has 1 heterocycles. The number of nitrogens with one attached hydrogen (secondary N) is 1. The maximum atomic E-state index is 11.1. The van der Waals surface area contributed by atoms with Crippen molar-refractivity contribution in [3.63, 3.8) is 0 Å². The van der Waals surface area contributed by atoms with E-state index in [0.717, 1.165) is 5.56 Å². The Morgan fingerprint density at radius 3 is 2.37 bits per heavy atom. The first-order chi connectivity index (χ1) is 9.02. The second-order valence-corrected chi connectivity index (χ2v) is 4.85. The van der Waals surface area contributed by atoms with Crippen LogP contribution in [0.25, 0.3) is 11.4 Å². The number of rotatable bonds is 4. The van der Waals surface area contributed by atoms with Gasteiger partial charge >= 0.3 is 5.97 Å². The lowest BCUT2D eigenvalue weighted by atomic mass is 10.0. The van der Waals surface area contributed by atoms with Crippen molar-refractivity contribution in [2.45, 2.75) is 33.1 Å². The summed E-state index contributed by atoms with van der Waals surface area (Å²) < 4.78 is 0. The molecule has 19 heavy (non-hydrogen) atoms. The van der Waals surface area contributed by atoms with Crippen LogP contribution >= 0.6 is 0 Å². The summed E-state index contributed by atoms with van der Waals surface area (Å²) in [4.78, 5) is 18.3. The van der Waals surface area contributed by atoms with Crippen LogP contribution in [0.5, 0.6) is 0 Å². The number of aromatic carboxylic acids is 1. The number of benzene rings is 1. The zero-order valence-corrected chi connectivity index (χ0v) is 11.4. The third-order valence-electron chi connectivity index (χ3n) is 3.19. The molecule has 0 aliphatic carbocycles. The number of carboxylic acid groups (broad SMARTS) is 1. The molecule has 0 saturated heterocycles. The minimum atomic E-state index is -0.988. The molecule has 0 unspecified atom stereocenters. The summed E-state index contributed by atoms with van der Waals surface area (Å²) >= 11 is 0. The van der Waals surface area contributed by atoms with Gasteiger partial charge in [-0.05, 0) is 17.9 Å². The Kier molecular flexibility index (Phi) is 3.69. The molecule has 0 aliphatic rings. The van der Waals surface area contributed by atoms with Crippen molar-refractivity contribution in [1.82, 2.24) is 9.97 Å². The van der Waals surface area contributed by atoms with Gasteiger partial charge in [0.15, 0.2) is 5.69 Å². The molecular weight excluding hydrogens is 240 g/mol. The number of nitrogens with zero attached hydrogens (tertiary/aromatic N) is 1. The molecule has 2 N–H and O–H groups in total. The molecular formula is C15H18N2O2. The van der Waals surface area contributed by atoms with E-state index in [4.69, 9.17) is 5.11 Å². The molecule has 1 aromatic carbocycles. The molecule has 1 aromatic heterocycles. The Labute approximate surface area is 112 Å². The zero-order chi connectivity index (χ0) is 14.0. The quantitative estimate of drug-likeness (QED) is 0.882. The van der Waals surface area contributed by atoms with Crippen LogP contribution in [0.1, 0.15) is 48.4 Å². The van der Waals surface area contributed by atoms with E-state index in [1.807, 2.05) is 19.1 Å². The number of carbonyl (C=O) groups is 1. The Bertz CT molecular complexity index is 583. The molecule has 0 saturated carbocycles. The molecule has 4 nitrogen and oxygen atoms in total. The number of H-pyrrole nitrogens is 1. The Morgan fingerprint density at radius 2 is 1.95 bits per heavy atom. The zero-order valence-electron chi connectivity index (χ0n) is 11.4. The lowest BCUT2D eigenvalue weighted by Crippen LogP contribution is -2.00. The summed E-state index contributed by atoms with van der Waals surface area (Å²) in [7, 11) is 0. The fourth-order valence-corrected chi connectivity index (χ4v) is 2.00. The van der Waals surface area contributed by atoms with Gasteiger partial charge in [0.25, 0.3) is 0 Å².